The smallest absolute Gasteiger partial charge is 0.289 e. The van der Waals surface area contributed by atoms with Gasteiger partial charge in [-0.25, -0.2) is 0 Å². The monoisotopic (exact) mass is 256 g/mol. The first kappa shape index (κ1) is 14.5. The van der Waals surface area contributed by atoms with E-state index in [1.807, 2.05) is 6.92 Å². The molecule has 0 aliphatic heterocycles. The molecule has 0 aliphatic rings. The Hall–Kier alpha value is -1.58. The molecule has 0 aromatic heterocycles. The van der Waals surface area contributed by atoms with Crippen LogP contribution in [0.3, 0.4) is 0 Å². The van der Waals surface area contributed by atoms with Gasteiger partial charge < -0.3 is 0 Å². The van der Waals surface area contributed by atoms with Gasteiger partial charge in [0.2, 0.25) is 0 Å². The Kier molecular flexibility index (Phi) is 4.33. The fourth-order valence-corrected chi connectivity index (χ4v) is 1.76. The minimum atomic E-state index is -4.37. The van der Waals surface area contributed by atoms with Crippen LogP contribution in [-0.2, 0) is 6.18 Å². The molecule has 0 heterocycles. The molecule has 1 rings (SSSR count). The summed E-state index contributed by atoms with van der Waals surface area (Å²) in [4.78, 5) is 12.0. The number of hydrogen-bond acceptors (Lipinski definition) is 1. The Morgan fingerprint density at radius 3 is 2.33 bits per heavy atom. The number of carbonyl (C=O) groups is 1. The van der Waals surface area contributed by atoms with Gasteiger partial charge in [-0.2, -0.15) is 13.2 Å². The van der Waals surface area contributed by atoms with Crippen LogP contribution in [0.2, 0.25) is 0 Å². The molecule has 0 spiro atoms. The second-order valence-electron chi connectivity index (χ2n) is 4.02. The number of alkyl halides is 3. The molecule has 0 amide bonds. The second kappa shape index (κ2) is 5.38. The van der Waals surface area contributed by atoms with E-state index in [1.54, 1.807) is 13.0 Å². The van der Waals surface area contributed by atoms with Crippen LogP contribution in [-0.4, -0.2) is 5.78 Å². The predicted molar refractivity (Wildman–Crippen MR) is 64.6 cm³/mol. The third kappa shape index (κ3) is 3.00. The minimum absolute atomic E-state index is 0.203. The first-order valence-corrected chi connectivity index (χ1v) is 5.69. The third-order valence-electron chi connectivity index (χ3n) is 2.82. The fourth-order valence-electron chi connectivity index (χ4n) is 1.76. The zero-order chi connectivity index (χ0) is 13.9. The van der Waals surface area contributed by atoms with Crippen LogP contribution in [0.25, 0.3) is 0 Å². The van der Waals surface area contributed by atoms with Gasteiger partial charge in [-0.1, -0.05) is 19.1 Å². The Balaban J connectivity index is 3.18. The molecule has 0 radical (unpaired) electrons. The number of rotatable bonds is 3. The summed E-state index contributed by atoms with van der Waals surface area (Å²) in [5.41, 5.74) is 0.563. The van der Waals surface area contributed by atoms with Crippen LogP contribution in [0.1, 0.15) is 41.8 Å². The molecule has 0 fully saturated rings. The van der Waals surface area contributed by atoms with E-state index in [0.717, 1.165) is 12.1 Å². The Labute approximate surface area is 104 Å². The molecule has 1 aromatic carbocycles. The SMILES string of the molecule is C/C=C(/CC)C(=O)c1ccc(C(F)(F)F)cc1C. The Bertz CT molecular complexity index is 484. The summed E-state index contributed by atoms with van der Waals surface area (Å²) in [5, 5.41) is 0. The maximum absolute atomic E-state index is 12.5. The summed E-state index contributed by atoms with van der Waals surface area (Å²) in [6.45, 7) is 5.11. The van der Waals surface area contributed by atoms with Crippen molar-refractivity contribution in [3.8, 4) is 0 Å². The van der Waals surface area contributed by atoms with Crippen molar-refractivity contribution in [3.05, 3.63) is 46.5 Å². The standard InChI is InChI=1S/C14H15F3O/c1-4-10(5-2)13(18)12-7-6-11(8-9(12)3)14(15,16)17/h4,6-8H,5H2,1-3H3/b10-4-. The van der Waals surface area contributed by atoms with Crippen molar-refractivity contribution in [3.63, 3.8) is 0 Å². The minimum Gasteiger partial charge on any atom is -0.289 e. The average molecular weight is 256 g/mol. The number of Topliss-reactive ketones (excluding diaryl/α,β-unsaturated/α-hetero) is 1. The Morgan fingerprint density at radius 2 is 1.94 bits per heavy atom. The molecule has 0 unspecified atom stereocenters. The molecule has 0 N–H and O–H groups in total. The molecule has 0 aliphatic carbocycles. The number of halogens is 3. The van der Waals surface area contributed by atoms with Gasteiger partial charge in [-0.05, 0) is 43.5 Å². The van der Waals surface area contributed by atoms with E-state index in [9.17, 15) is 18.0 Å². The first-order chi connectivity index (χ1) is 8.31. The van der Waals surface area contributed by atoms with Crippen molar-refractivity contribution in [2.45, 2.75) is 33.4 Å². The van der Waals surface area contributed by atoms with Gasteiger partial charge in [-0.15, -0.1) is 0 Å². The average Bonchev–Trinajstić information content (AvgIpc) is 2.29. The summed E-state index contributed by atoms with van der Waals surface area (Å²) in [6.07, 6.45) is -2.12. The quantitative estimate of drug-likeness (QED) is 0.572. The topological polar surface area (TPSA) is 17.1 Å². The van der Waals surface area contributed by atoms with Crippen molar-refractivity contribution >= 4 is 5.78 Å². The van der Waals surface area contributed by atoms with E-state index >= 15 is 0 Å². The van der Waals surface area contributed by atoms with Gasteiger partial charge in [0.1, 0.15) is 0 Å². The van der Waals surface area contributed by atoms with Gasteiger partial charge in [-0.3, -0.25) is 4.79 Å². The van der Waals surface area contributed by atoms with Crippen LogP contribution in [0, 0.1) is 6.92 Å². The molecule has 98 valence electrons. The maximum Gasteiger partial charge on any atom is 0.416 e. The highest BCUT2D eigenvalue weighted by atomic mass is 19.4. The summed E-state index contributed by atoms with van der Waals surface area (Å²) < 4.78 is 37.5. The largest absolute Gasteiger partial charge is 0.416 e. The van der Waals surface area contributed by atoms with Gasteiger partial charge >= 0.3 is 6.18 Å². The normalized spacial score (nSPS) is 12.7. The molecule has 0 atom stereocenters. The van der Waals surface area contributed by atoms with Gasteiger partial charge in [0.05, 0.1) is 5.56 Å². The zero-order valence-corrected chi connectivity index (χ0v) is 10.6. The van der Waals surface area contributed by atoms with E-state index in [0.29, 0.717) is 23.1 Å². The molecular formula is C14H15F3O. The summed E-state index contributed by atoms with van der Waals surface area (Å²) in [5.74, 6) is -0.203. The molecule has 18 heavy (non-hydrogen) atoms. The highest BCUT2D eigenvalue weighted by molar-refractivity contribution is 6.09. The molecule has 0 saturated heterocycles. The first-order valence-electron chi connectivity index (χ1n) is 5.69. The maximum atomic E-state index is 12.5. The van der Waals surface area contributed by atoms with Crippen molar-refractivity contribution < 1.29 is 18.0 Å². The van der Waals surface area contributed by atoms with E-state index in [4.69, 9.17) is 0 Å². The van der Waals surface area contributed by atoms with E-state index in [-0.39, 0.29) is 5.78 Å². The molecule has 4 heteroatoms. The lowest BCUT2D eigenvalue weighted by atomic mass is 9.96. The Morgan fingerprint density at radius 1 is 1.33 bits per heavy atom. The van der Waals surface area contributed by atoms with E-state index in [2.05, 4.69) is 0 Å². The zero-order valence-electron chi connectivity index (χ0n) is 10.6. The predicted octanol–water partition coefficient (Wildman–Crippen LogP) is 4.55. The highest BCUT2D eigenvalue weighted by Crippen LogP contribution is 2.30. The number of carbonyl (C=O) groups excluding carboxylic acids is 1. The number of allylic oxidation sites excluding steroid dienone is 2. The summed E-state index contributed by atoms with van der Waals surface area (Å²) in [7, 11) is 0. The lowest BCUT2D eigenvalue weighted by molar-refractivity contribution is -0.137. The third-order valence-corrected chi connectivity index (χ3v) is 2.82. The summed E-state index contributed by atoms with van der Waals surface area (Å²) in [6, 6.07) is 3.21. The van der Waals surface area contributed by atoms with Crippen LogP contribution < -0.4 is 0 Å². The molecule has 0 bridgehead atoms. The molecular weight excluding hydrogens is 241 g/mol. The highest BCUT2D eigenvalue weighted by Gasteiger charge is 2.31. The lowest BCUT2D eigenvalue weighted by Crippen LogP contribution is -2.09. The molecule has 1 nitrogen and oxygen atoms in total. The van der Waals surface area contributed by atoms with Crippen LogP contribution in [0.5, 0.6) is 0 Å². The number of aryl methyl sites for hydroxylation is 1. The lowest BCUT2D eigenvalue weighted by Gasteiger charge is -2.11. The van der Waals surface area contributed by atoms with Crippen molar-refractivity contribution in [2.75, 3.05) is 0 Å². The van der Waals surface area contributed by atoms with Gasteiger partial charge in [0.15, 0.2) is 5.78 Å². The van der Waals surface area contributed by atoms with Crippen LogP contribution >= 0.6 is 0 Å². The fraction of sp³-hybridized carbons (Fsp3) is 0.357. The van der Waals surface area contributed by atoms with Gasteiger partial charge in [0.25, 0.3) is 0 Å². The van der Waals surface area contributed by atoms with Crippen LogP contribution in [0.15, 0.2) is 29.8 Å². The number of ketones is 1. The second-order valence-corrected chi connectivity index (χ2v) is 4.02. The number of benzene rings is 1. The van der Waals surface area contributed by atoms with E-state index < -0.39 is 11.7 Å². The molecule has 1 aromatic rings. The van der Waals surface area contributed by atoms with Crippen molar-refractivity contribution in [2.24, 2.45) is 0 Å². The van der Waals surface area contributed by atoms with Crippen molar-refractivity contribution in [1.82, 2.24) is 0 Å². The van der Waals surface area contributed by atoms with Crippen molar-refractivity contribution in [1.29, 1.82) is 0 Å². The summed E-state index contributed by atoms with van der Waals surface area (Å²) >= 11 is 0. The number of hydrogen-bond donors (Lipinski definition) is 0. The van der Waals surface area contributed by atoms with Crippen LogP contribution in [0.4, 0.5) is 13.2 Å². The van der Waals surface area contributed by atoms with E-state index in [1.165, 1.54) is 13.0 Å². The molecule has 0 saturated carbocycles. The van der Waals surface area contributed by atoms with Gasteiger partial charge in [0, 0.05) is 5.56 Å².